The summed E-state index contributed by atoms with van der Waals surface area (Å²) < 4.78 is 5.26. The SMILES string of the molecule is Cc1ccc(OCCC(=O)NO)cc1. The molecule has 0 aliphatic carbocycles. The third-order valence-corrected chi connectivity index (χ3v) is 1.74. The van der Waals surface area contributed by atoms with Crippen molar-refractivity contribution in [2.75, 3.05) is 6.61 Å². The molecule has 0 heterocycles. The van der Waals surface area contributed by atoms with Crippen LogP contribution in [0.3, 0.4) is 0 Å². The van der Waals surface area contributed by atoms with Crippen LogP contribution in [-0.4, -0.2) is 17.7 Å². The molecule has 1 aromatic carbocycles. The molecule has 0 fully saturated rings. The topological polar surface area (TPSA) is 58.6 Å². The Morgan fingerprint density at radius 2 is 2.07 bits per heavy atom. The number of rotatable bonds is 4. The Bertz CT molecular complexity index is 295. The van der Waals surface area contributed by atoms with Crippen LogP contribution >= 0.6 is 0 Å². The highest BCUT2D eigenvalue weighted by Gasteiger charge is 1.99. The quantitative estimate of drug-likeness (QED) is 0.562. The Hall–Kier alpha value is -1.55. The first-order valence-corrected chi connectivity index (χ1v) is 4.35. The van der Waals surface area contributed by atoms with Crippen molar-refractivity contribution in [3.63, 3.8) is 0 Å². The van der Waals surface area contributed by atoms with Crippen molar-refractivity contribution in [3.05, 3.63) is 29.8 Å². The second kappa shape index (κ2) is 5.24. The van der Waals surface area contributed by atoms with Crippen molar-refractivity contribution >= 4 is 5.91 Å². The van der Waals surface area contributed by atoms with Crippen LogP contribution in [0.4, 0.5) is 0 Å². The normalized spacial score (nSPS) is 9.57. The lowest BCUT2D eigenvalue weighted by molar-refractivity contribution is -0.129. The highest BCUT2D eigenvalue weighted by atomic mass is 16.5. The zero-order chi connectivity index (χ0) is 10.4. The molecule has 76 valence electrons. The average Bonchev–Trinajstić information content (AvgIpc) is 2.21. The molecule has 0 bridgehead atoms. The molecule has 0 radical (unpaired) electrons. The Balaban J connectivity index is 2.31. The predicted molar refractivity (Wildman–Crippen MR) is 51.2 cm³/mol. The molecule has 1 rings (SSSR count). The van der Waals surface area contributed by atoms with Crippen molar-refractivity contribution in [2.24, 2.45) is 0 Å². The fraction of sp³-hybridized carbons (Fsp3) is 0.300. The zero-order valence-electron chi connectivity index (χ0n) is 7.99. The summed E-state index contributed by atoms with van der Waals surface area (Å²) in [5.41, 5.74) is 2.70. The Morgan fingerprint density at radius 1 is 1.43 bits per heavy atom. The minimum atomic E-state index is -0.447. The smallest absolute Gasteiger partial charge is 0.246 e. The van der Waals surface area contributed by atoms with E-state index < -0.39 is 5.91 Å². The van der Waals surface area contributed by atoms with E-state index in [-0.39, 0.29) is 13.0 Å². The second-order valence-electron chi connectivity index (χ2n) is 2.95. The molecule has 0 spiro atoms. The van der Waals surface area contributed by atoms with E-state index >= 15 is 0 Å². The van der Waals surface area contributed by atoms with Gasteiger partial charge in [-0.1, -0.05) is 17.7 Å². The van der Waals surface area contributed by atoms with Crippen LogP contribution in [0.15, 0.2) is 24.3 Å². The van der Waals surface area contributed by atoms with E-state index in [1.807, 2.05) is 31.2 Å². The monoisotopic (exact) mass is 195 g/mol. The summed E-state index contributed by atoms with van der Waals surface area (Å²) in [7, 11) is 0. The van der Waals surface area contributed by atoms with Gasteiger partial charge in [0.2, 0.25) is 5.91 Å². The average molecular weight is 195 g/mol. The molecule has 4 nitrogen and oxygen atoms in total. The van der Waals surface area contributed by atoms with Gasteiger partial charge in [-0.2, -0.15) is 0 Å². The molecule has 4 heteroatoms. The van der Waals surface area contributed by atoms with Crippen LogP contribution in [0, 0.1) is 6.92 Å². The highest BCUT2D eigenvalue weighted by Crippen LogP contribution is 2.11. The number of hydrogen-bond acceptors (Lipinski definition) is 3. The van der Waals surface area contributed by atoms with Crippen LogP contribution in [0.5, 0.6) is 5.75 Å². The number of nitrogens with one attached hydrogen (secondary N) is 1. The number of aryl methyl sites for hydroxylation is 1. The highest BCUT2D eigenvalue weighted by molar-refractivity contribution is 5.74. The van der Waals surface area contributed by atoms with Crippen molar-refractivity contribution in [1.29, 1.82) is 0 Å². The minimum absolute atomic E-state index is 0.143. The third kappa shape index (κ3) is 3.45. The van der Waals surface area contributed by atoms with E-state index in [9.17, 15) is 4.79 Å². The zero-order valence-corrected chi connectivity index (χ0v) is 7.99. The summed E-state index contributed by atoms with van der Waals surface area (Å²) in [5, 5.41) is 8.21. The van der Waals surface area contributed by atoms with Crippen LogP contribution < -0.4 is 10.2 Å². The lowest BCUT2D eigenvalue weighted by Crippen LogP contribution is -2.20. The van der Waals surface area contributed by atoms with Gasteiger partial charge >= 0.3 is 0 Å². The van der Waals surface area contributed by atoms with Crippen LogP contribution in [0.2, 0.25) is 0 Å². The number of carbonyl (C=O) groups is 1. The molecule has 0 aliphatic heterocycles. The van der Waals surface area contributed by atoms with E-state index in [0.717, 1.165) is 11.3 Å². The summed E-state index contributed by atoms with van der Waals surface area (Å²) in [6, 6.07) is 7.54. The largest absolute Gasteiger partial charge is 0.493 e. The van der Waals surface area contributed by atoms with Gasteiger partial charge < -0.3 is 4.74 Å². The lowest BCUT2D eigenvalue weighted by Gasteiger charge is -2.04. The summed E-state index contributed by atoms with van der Waals surface area (Å²) in [6.45, 7) is 2.25. The van der Waals surface area contributed by atoms with E-state index in [1.54, 1.807) is 5.48 Å². The number of ether oxygens (including phenoxy) is 1. The standard InChI is InChI=1S/C10H13NO3/c1-8-2-4-9(5-3-8)14-7-6-10(12)11-13/h2-5,13H,6-7H2,1H3,(H,11,12). The van der Waals surface area contributed by atoms with Gasteiger partial charge in [0.1, 0.15) is 5.75 Å². The number of benzene rings is 1. The molecule has 0 aliphatic rings. The number of hydroxylamine groups is 1. The van der Waals surface area contributed by atoms with E-state index in [1.165, 1.54) is 0 Å². The van der Waals surface area contributed by atoms with Crippen molar-refractivity contribution < 1.29 is 14.7 Å². The van der Waals surface area contributed by atoms with Crippen LogP contribution in [-0.2, 0) is 4.79 Å². The molecular weight excluding hydrogens is 182 g/mol. The molecule has 0 saturated heterocycles. The van der Waals surface area contributed by atoms with Gasteiger partial charge in [0.15, 0.2) is 0 Å². The summed E-state index contributed by atoms with van der Waals surface area (Å²) in [6.07, 6.45) is 0.143. The summed E-state index contributed by atoms with van der Waals surface area (Å²) in [5.74, 6) is 0.276. The van der Waals surface area contributed by atoms with Gasteiger partial charge in [0.05, 0.1) is 13.0 Å². The molecule has 0 saturated carbocycles. The number of hydrogen-bond donors (Lipinski definition) is 2. The molecule has 1 amide bonds. The van der Waals surface area contributed by atoms with E-state index in [2.05, 4.69) is 0 Å². The van der Waals surface area contributed by atoms with Crippen molar-refractivity contribution in [2.45, 2.75) is 13.3 Å². The van der Waals surface area contributed by atoms with Gasteiger partial charge in [-0.15, -0.1) is 0 Å². The molecule has 0 unspecified atom stereocenters. The van der Waals surface area contributed by atoms with Gasteiger partial charge in [0.25, 0.3) is 0 Å². The Labute approximate surface area is 82.5 Å². The van der Waals surface area contributed by atoms with E-state index in [4.69, 9.17) is 9.94 Å². The van der Waals surface area contributed by atoms with E-state index in [0.29, 0.717) is 0 Å². The first-order valence-electron chi connectivity index (χ1n) is 4.35. The summed E-state index contributed by atoms with van der Waals surface area (Å²) in [4.78, 5) is 10.6. The van der Waals surface area contributed by atoms with Crippen LogP contribution in [0.25, 0.3) is 0 Å². The maximum atomic E-state index is 10.6. The van der Waals surface area contributed by atoms with Gasteiger partial charge in [0, 0.05) is 0 Å². The second-order valence-corrected chi connectivity index (χ2v) is 2.95. The van der Waals surface area contributed by atoms with Crippen molar-refractivity contribution in [1.82, 2.24) is 5.48 Å². The maximum Gasteiger partial charge on any atom is 0.246 e. The molecular formula is C10H13NO3. The first-order chi connectivity index (χ1) is 6.72. The van der Waals surface area contributed by atoms with Crippen molar-refractivity contribution in [3.8, 4) is 5.75 Å². The Kier molecular flexibility index (Phi) is 3.94. The molecule has 0 atom stereocenters. The van der Waals surface area contributed by atoms with Gasteiger partial charge in [-0.25, -0.2) is 5.48 Å². The number of amides is 1. The van der Waals surface area contributed by atoms with Crippen LogP contribution in [0.1, 0.15) is 12.0 Å². The third-order valence-electron chi connectivity index (χ3n) is 1.74. The Morgan fingerprint density at radius 3 is 2.64 bits per heavy atom. The fourth-order valence-corrected chi connectivity index (χ4v) is 0.952. The molecule has 1 aromatic rings. The fourth-order valence-electron chi connectivity index (χ4n) is 0.952. The lowest BCUT2D eigenvalue weighted by atomic mass is 10.2. The maximum absolute atomic E-state index is 10.6. The molecule has 2 N–H and O–H groups in total. The number of carbonyl (C=O) groups excluding carboxylic acids is 1. The van der Waals surface area contributed by atoms with Gasteiger partial charge in [-0.05, 0) is 19.1 Å². The minimum Gasteiger partial charge on any atom is -0.493 e. The predicted octanol–water partition coefficient (Wildman–Crippen LogP) is 1.27. The summed E-state index contributed by atoms with van der Waals surface area (Å²) >= 11 is 0. The first kappa shape index (κ1) is 10.5. The van der Waals surface area contributed by atoms with Gasteiger partial charge in [-0.3, -0.25) is 10.0 Å². The molecule has 0 aromatic heterocycles. The molecule has 14 heavy (non-hydrogen) atoms.